The number of methoxy groups -OCH3 is 1. The fourth-order valence-electron chi connectivity index (χ4n) is 4.73. The zero-order chi connectivity index (χ0) is 24.1. The second kappa shape index (κ2) is 10.4. The highest BCUT2D eigenvalue weighted by Gasteiger charge is 2.36. The van der Waals surface area contributed by atoms with Gasteiger partial charge in [0.1, 0.15) is 5.75 Å². The third kappa shape index (κ3) is 6.06. The number of carbonyl (C=O) groups excluding carboxylic acids is 1. The van der Waals surface area contributed by atoms with Gasteiger partial charge in [0.15, 0.2) is 0 Å². The SMILES string of the molecule is COc1ccc([C@@H]2C[C@H](CC(C)C)C[C@H]2COC(=O)c2cc([N+](=O)[O-])cc([N+](=O)[O-])c2)cc1. The van der Waals surface area contributed by atoms with Crippen LogP contribution < -0.4 is 4.74 Å². The molecule has 0 bridgehead atoms. The lowest BCUT2D eigenvalue weighted by molar-refractivity contribution is -0.394. The molecule has 3 atom stereocenters. The first-order valence-corrected chi connectivity index (χ1v) is 10.9. The summed E-state index contributed by atoms with van der Waals surface area (Å²) in [6, 6.07) is 10.7. The third-order valence-corrected chi connectivity index (χ3v) is 6.13. The van der Waals surface area contributed by atoms with E-state index in [0.717, 1.165) is 48.8 Å². The molecule has 2 aromatic rings. The molecule has 9 heteroatoms. The maximum absolute atomic E-state index is 12.7. The monoisotopic (exact) mass is 456 g/mol. The van der Waals surface area contributed by atoms with Crippen molar-refractivity contribution in [3.63, 3.8) is 0 Å². The lowest BCUT2D eigenvalue weighted by atomic mass is 9.89. The summed E-state index contributed by atoms with van der Waals surface area (Å²) >= 11 is 0. The quantitative estimate of drug-likeness (QED) is 0.276. The molecule has 0 spiro atoms. The van der Waals surface area contributed by atoms with E-state index < -0.39 is 27.2 Å². The zero-order valence-electron chi connectivity index (χ0n) is 18.9. The van der Waals surface area contributed by atoms with Crippen LogP contribution in [0.4, 0.5) is 11.4 Å². The number of nitrogens with zero attached hydrogens (tertiary/aromatic N) is 2. The van der Waals surface area contributed by atoms with Crippen molar-refractivity contribution in [1.82, 2.24) is 0 Å². The molecule has 0 radical (unpaired) electrons. The number of nitro benzene ring substituents is 2. The standard InChI is InChI=1S/C24H28N2O7/c1-15(2)8-16-9-19(23(10-16)17-4-6-22(32-3)7-5-17)14-33-24(27)18-11-20(25(28)29)13-21(12-18)26(30)31/h4-7,11-13,15-16,19,23H,8-10,14H2,1-3H3/t16-,19+,23+/m1/s1. The number of esters is 1. The molecule has 2 aromatic carbocycles. The van der Waals surface area contributed by atoms with Gasteiger partial charge in [-0.2, -0.15) is 0 Å². The maximum atomic E-state index is 12.7. The first-order valence-electron chi connectivity index (χ1n) is 10.9. The van der Waals surface area contributed by atoms with Gasteiger partial charge in [0.25, 0.3) is 11.4 Å². The van der Waals surface area contributed by atoms with Crippen molar-refractivity contribution in [3.05, 3.63) is 73.8 Å². The van der Waals surface area contributed by atoms with E-state index in [1.165, 1.54) is 0 Å². The van der Waals surface area contributed by atoms with Gasteiger partial charge < -0.3 is 9.47 Å². The van der Waals surface area contributed by atoms with Gasteiger partial charge in [-0.3, -0.25) is 20.2 Å². The predicted octanol–water partition coefficient (Wildman–Crippen LogP) is 5.52. The number of carbonyl (C=O) groups is 1. The molecule has 1 saturated carbocycles. The number of ether oxygens (including phenoxy) is 2. The second-order valence-corrected chi connectivity index (χ2v) is 8.96. The summed E-state index contributed by atoms with van der Waals surface area (Å²) in [5, 5.41) is 22.2. The average Bonchev–Trinajstić information content (AvgIpc) is 3.18. The van der Waals surface area contributed by atoms with Gasteiger partial charge in [0.05, 0.1) is 35.2 Å². The van der Waals surface area contributed by atoms with Crippen LogP contribution in [0.3, 0.4) is 0 Å². The zero-order valence-corrected chi connectivity index (χ0v) is 18.9. The summed E-state index contributed by atoms with van der Waals surface area (Å²) in [5.74, 6) is 1.30. The lowest BCUT2D eigenvalue weighted by Crippen LogP contribution is -2.17. The summed E-state index contributed by atoms with van der Waals surface area (Å²) in [6.07, 6.45) is 2.96. The molecule has 3 rings (SSSR count). The number of benzene rings is 2. The molecule has 33 heavy (non-hydrogen) atoms. The third-order valence-electron chi connectivity index (χ3n) is 6.13. The number of nitro groups is 2. The summed E-state index contributed by atoms with van der Waals surface area (Å²) < 4.78 is 10.8. The first kappa shape index (κ1) is 24.2. The normalized spacial score (nSPS) is 19.9. The van der Waals surface area contributed by atoms with Crippen LogP contribution in [0.15, 0.2) is 42.5 Å². The Kier molecular flexibility index (Phi) is 7.63. The van der Waals surface area contributed by atoms with Crippen LogP contribution in [0, 0.1) is 38.0 Å². The summed E-state index contributed by atoms with van der Waals surface area (Å²) in [6.45, 7) is 4.51. The molecule has 1 fully saturated rings. The predicted molar refractivity (Wildman–Crippen MR) is 121 cm³/mol. The van der Waals surface area contributed by atoms with E-state index in [4.69, 9.17) is 9.47 Å². The van der Waals surface area contributed by atoms with Crippen molar-refractivity contribution in [3.8, 4) is 5.75 Å². The molecule has 0 heterocycles. The molecule has 0 amide bonds. The van der Waals surface area contributed by atoms with Crippen molar-refractivity contribution >= 4 is 17.3 Å². The Morgan fingerprint density at radius 2 is 1.64 bits per heavy atom. The molecular formula is C24H28N2O7. The molecule has 1 aliphatic carbocycles. The van der Waals surface area contributed by atoms with E-state index in [-0.39, 0.29) is 24.0 Å². The van der Waals surface area contributed by atoms with E-state index in [1.807, 2.05) is 24.3 Å². The molecule has 0 aromatic heterocycles. The number of rotatable bonds is 9. The Labute approximate surface area is 192 Å². The van der Waals surface area contributed by atoms with Crippen LogP contribution >= 0.6 is 0 Å². The van der Waals surface area contributed by atoms with Gasteiger partial charge in [-0.15, -0.1) is 0 Å². The average molecular weight is 456 g/mol. The highest BCUT2D eigenvalue weighted by molar-refractivity contribution is 5.91. The number of non-ortho nitro benzene ring substituents is 2. The summed E-state index contributed by atoms with van der Waals surface area (Å²) in [5.41, 5.74) is -0.0991. The van der Waals surface area contributed by atoms with Crippen molar-refractivity contribution in [2.45, 2.75) is 39.0 Å². The van der Waals surface area contributed by atoms with Crippen LogP contribution in [0.1, 0.15) is 54.9 Å². The minimum absolute atomic E-state index is 0.0831. The summed E-state index contributed by atoms with van der Waals surface area (Å²) in [4.78, 5) is 33.3. The summed E-state index contributed by atoms with van der Waals surface area (Å²) in [7, 11) is 1.61. The highest BCUT2D eigenvalue weighted by Crippen LogP contribution is 2.45. The van der Waals surface area contributed by atoms with Gasteiger partial charge in [-0.05, 0) is 54.7 Å². The van der Waals surface area contributed by atoms with Gasteiger partial charge in [0.2, 0.25) is 0 Å². The lowest BCUT2D eigenvalue weighted by Gasteiger charge is -2.20. The van der Waals surface area contributed by atoms with E-state index in [1.54, 1.807) is 7.11 Å². The minimum atomic E-state index is -0.803. The van der Waals surface area contributed by atoms with Crippen LogP contribution in [0.5, 0.6) is 5.75 Å². The molecular weight excluding hydrogens is 428 g/mol. The van der Waals surface area contributed by atoms with E-state index in [9.17, 15) is 25.0 Å². The van der Waals surface area contributed by atoms with Crippen molar-refractivity contribution < 1.29 is 24.1 Å². The molecule has 0 aliphatic heterocycles. The van der Waals surface area contributed by atoms with Crippen molar-refractivity contribution in [2.24, 2.45) is 17.8 Å². The smallest absolute Gasteiger partial charge is 0.338 e. The van der Waals surface area contributed by atoms with Crippen LogP contribution in [0.25, 0.3) is 0 Å². The Balaban J connectivity index is 1.77. The largest absolute Gasteiger partial charge is 0.497 e. The number of hydrogen-bond acceptors (Lipinski definition) is 7. The van der Waals surface area contributed by atoms with Crippen LogP contribution in [-0.4, -0.2) is 29.5 Å². The molecule has 9 nitrogen and oxygen atoms in total. The van der Waals surface area contributed by atoms with E-state index in [0.29, 0.717) is 11.8 Å². The molecule has 0 saturated heterocycles. The Bertz CT molecular complexity index is 988. The van der Waals surface area contributed by atoms with Crippen molar-refractivity contribution in [1.29, 1.82) is 0 Å². The Morgan fingerprint density at radius 1 is 1.03 bits per heavy atom. The Hall–Kier alpha value is -3.49. The fourth-order valence-corrected chi connectivity index (χ4v) is 4.73. The van der Waals surface area contributed by atoms with Gasteiger partial charge >= 0.3 is 5.97 Å². The van der Waals surface area contributed by atoms with Crippen molar-refractivity contribution in [2.75, 3.05) is 13.7 Å². The molecule has 1 aliphatic rings. The van der Waals surface area contributed by atoms with E-state index in [2.05, 4.69) is 13.8 Å². The highest BCUT2D eigenvalue weighted by atomic mass is 16.6. The minimum Gasteiger partial charge on any atom is -0.497 e. The second-order valence-electron chi connectivity index (χ2n) is 8.96. The van der Waals surface area contributed by atoms with Gasteiger partial charge in [-0.25, -0.2) is 4.79 Å². The topological polar surface area (TPSA) is 122 Å². The van der Waals surface area contributed by atoms with Gasteiger partial charge in [-0.1, -0.05) is 26.0 Å². The molecule has 0 unspecified atom stereocenters. The Morgan fingerprint density at radius 3 is 2.15 bits per heavy atom. The van der Waals surface area contributed by atoms with Crippen LogP contribution in [-0.2, 0) is 4.74 Å². The maximum Gasteiger partial charge on any atom is 0.338 e. The van der Waals surface area contributed by atoms with E-state index >= 15 is 0 Å². The van der Waals surface area contributed by atoms with Crippen LogP contribution in [0.2, 0.25) is 0 Å². The molecule has 0 N–H and O–H groups in total. The number of hydrogen-bond donors (Lipinski definition) is 0. The molecule has 176 valence electrons. The van der Waals surface area contributed by atoms with Gasteiger partial charge in [0, 0.05) is 18.1 Å². The fraction of sp³-hybridized carbons (Fsp3) is 0.458. The first-order chi connectivity index (χ1) is 15.7.